The van der Waals surface area contributed by atoms with E-state index in [2.05, 4.69) is 93.7 Å². The molecule has 0 saturated heterocycles. The summed E-state index contributed by atoms with van der Waals surface area (Å²) in [5.41, 5.74) is 0. The molecule has 6 heteroatoms. The number of allylic oxidation sites excluding steroid dienone is 12. The zero-order valence-corrected chi connectivity index (χ0v) is 49.8. The Morgan fingerprint density at radius 3 is 0.827 bits per heavy atom. The third-order valence-electron chi connectivity index (χ3n) is 14.2. The van der Waals surface area contributed by atoms with E-state index < -0.39 is 6.10 Å². The largest absolute Gasteiger partial charge is 0.462 e. The maximum atomic E-state index is 12.9. The molecule has 0 aromatic rings. The van der Waals surface area contributed by atoms with Gasteiger partial charge in [0, 0.05) is 19.3 Å². The lowest BCUT2D eigenvalue weighted by Gasteiger charge is -2.18. The number of unbranched alkanes of at least 4 members (excludes halogenated alkanes) is 36. The second-order valence-electron chi connectivity index (χ2n) is 21.6. The summed E-state index contributed by atoms with van der Waals surface area (Å²) in [6.07, 6.45) is 82.0. The third-order valence-corrected chi connectivity index (χ3v) is 14.2. The van der Waals surface area contributed by atoms with Gasteiger partial charge in [0.1, 0.15) is 13.2 Å². The van der Waals surface area contributed by atoms with Crippen molar-refractivity contribution in [3.05, 3.63) is 72.9 Å². The molecule has 0 aliphatic carbocycles. The molecule has 0 aliphatic heterocycles. The van der Waals surface area contributed by atoms with Crippen LogP contribution in [-0.2, 0) is 28.6 Å². The highest BCUT2D eigenvalue weighted by atomic mass is 16.6. The maximum absolute atomic E-state index is 12.9. The van der Waals surface area contributed by atoms with E-state index in [-0.39, 0.29) is 31.1 Å². The molecule has 0 N–H and O–H groups in total. The van der Waals surface area contributed by atoms with Crippen LogP contribution in [0.2, 0.25) is 0 Å². The molecule has 0 saturated carbocycles. The number of ether oxygens (including phenoxy) is 3. The fraction of sp³-hybridized carbons (Fsp3) is 0.783. The molecule has 434 valence electrons. The molecule has 0 aromatic heterocycles. The highest BCUT2D eigenvalue weighted by Gasteiger charge is 2.19. The van der Waals surface area contributed by atoms with Crippen LogP contribution in [0.5, 0.6) is 0 Å². The quantitative estimate of drug-likeness (QED) is 0.0261. The molecule has 0 aromatic carbocycles. The number of carbonyl (C=O) groups is 3. The van der Waals surface area contributed by atoms with E-state index in [1.807, 2.05) is 0 Å². The minimum atomic E-state index is -0.776. The average molecular weight is 1050 g/mol. The first-order valence-corrected chi connectivity index (χ1v) is 32.4. The number of hydrogen-bond donors (Lipinski definition) is 0. The summed E-state index contributed by atoms with van der Waals surface area (Å²) in [5.74, 6) is -0.867. The van der Waals surface area contributed by atoms with Gasteiger partial charge < -0.3 is 14.2 Å². The first-order chi connectivity index (χ1) is 37.0. The zero-order valence-electron chi connectivity index (χ0n) is 49.8. The van der Waals surface area contributed by atoms with Crippen molar-refractivity contribution < 1.29 is 28.6 Å². The van der Waals surface area contributed by atoms with Gasteiger partial charge >= 0.3 is 17.9 Å². The van der Waals surface area contributed by atoms with Crippen LogP contribution in [0.15, 0.2) is 72.9 Å². The molecule has 1 unspecified atom stereocenters. The molecular formula is C69H122O6. The molecule has 0 aliphatic rings. The van der Waals surface area contributed by atoms with Crippen LogP contribution < -0.4 is 0 Å². The second-order valence-corrected chi connectivity index (χ2v) is 21.6. The smallest absolute Gasteiger partial charge is 0.306 e. The lowest BCUT2D eigenvalue weighted by atomic mass is 10.0. The van der Waals surface area contributed by atoms with Crippen molar-refractivity contribution in [2.45, 2.75) is 335 Å². The Kier molecular flexibility index (Phi) is 60.7. The van der Waals surface area contributed by atoms with E-state index >= 15 is 0 Å². The van der Waals surface area contributed by atoms with Crippen molar-refractivity contribution in [1.29, 1.82) is 0 Å². The summed E-state index contributed by atoms with van der Waals surface area (Å²) in [6, 6.07) is 0. The van der Waals surface area contributed by atoms with Crippen LogP contribution in [-0.4, -0.2) is 37.2 Å². The lowest BCUT2D eigenvalue weighted by molar-refractivity contribution is -0.167. The van der Waals surface area contributed by atoms with Crippen LogP contribution in [0.25, 0.3) is 0 Å². The number of esters is 3. The minimum absolute atomic E-state index is 0.0736. The molecule has 0 radical (unpaired) electrons. The van der Waals surface area contributed by atoms with E-state index in [9.17, 15) is 14.4 Å². The van der Waals surface area contributed by atoms with Gasteiger partial charge in [0.2, 0.25) is 0 Å². The van der Waals surface area contributed by atoms with E-state index in [1.54, 1.807) is 0 Å². The topological polar surface area (TPSA) is 78.9 Å². The Bertz CT molecular complexity index is 1390. The van der Waals surface area contributed by atoms with Crippen molar-refractivity contribution in [3.63, 3.8) is 0 Å². The molecule has 0 heterocycles. The normalized spacial score (nSPS) is 12.5. The van der Waals surface area contributed by atoms with Gasteiger partial charge in [-0.3, -0.25) is 14.4 Å². The van der Waals surface area contributed by atoms with Gasteiger partial charge in [0.25, 0.3) is 0 Å². The summed E-state index contributed by atoms with van der Waals surface area (Å²) in [4.78, 5) is 38.2. The number of carbonyl (C=O) groups excluding carboxylic acids is 3. The number of rotatable bonds is 59. The SMILES string of the molecule is CC/C=C\C/C=C\C/C=C\C/C=C\C/C=C\CCCCCCCCCCCCCCCCCC(=O)OCC(COC(=O)CCCCCCCCCCCCCC)OC(=O)CCCCCCC/C=C\CCCCCCC. The van der Waals surface area contributed by atoms with Gasteiger partial charge in [-0.05, 0) is 89.9 Å². The highest BCUT2D eigenvalue weighted by Crippen LogP contribution is 2.17. The fourth-order valence-corrected chi connectivity index (χ4v) is 9.35. The Balaban J connectivity index is 4.15. The van der Waals surface area contributed by atoms with Crippen LogP contribution in [0, 0.1) is 0 Å². The van der Waals surface area contributed by atoms with Crippen molar-refractivity contribution in [3.8, 4) is 0 Å². The van der Waals surface area contributed by atoms with Crippen LogP contribution in [0.4, 0.5) is 0 Å². The molecule has 75 heavy (non-hydrogen) atoms. The molecule has 0 spiro atoms. The molecule has 0 fully saturated rings. The van der Waals surface area contributed by atoms with Crippen molar-refractivity contribution >= 4 is 17.9 Å². The minimum Gasteiger partial charge on any atom is -0.462 e. The Morgan fingerprint density at radius 2 is 0.520 bits per heavy atom. The summed E-state index contributed by atoms with van der Waals surface area (Å²) in [7, 11) is 0. The van der Waals surface area contributed by atoms with E-state index in [4.69, 9.17) is 14.2 Å². The van der Waals surface area contributed by atoms with Gasteiger partial charge in [-0.2, -0.15) is 0 Å². The van der Waals surface area contributed by atoms with Crippen molar-refractivity contribution in [2.24, 2.45) is 0 Å². The Hall–Kier alpha value is -3.15. The van der Waals surface area contributed by atoms with Gasteiger partial charge in [0.15, 0.2) is 6.10 Å². The summed E-state index contributed by atoms with van der Waals surface area (Å²) < 4.78 is 16.9. The maximum Gasteiger partial charge on any atom is 0.306 e. The molecular weight excluding hydrogens is 925 g/mol. The van der Waals surface area contributed by atoms with E-state index in [1.165, 1.54) is 193 Å². The van der Waals surface area contributed by atoms with Gasteiger partial charge in [-0.15, -0.1) is 0 Å². The molecule has 0 bridgehead atoms. The fourth-order valence-electron chi connectivity index (χ4n) is 9.35. The van der Waals surface area contributed by atoms with Gasteiger partial charge in [-0.1, -0.05) is 293 Å². The second kappa shape index (κ2) is 63.4. The monoisotopic (exact) mass is 1050 g/mol. The van der Waals surface area contributed by atoms with Gasteiger partial charge in [-0.25, -0.2) is 0 Å². The van der Waals surface area contributed by atoms with Gasteiger partial charge in [0.05, 0.1) is 0 Å². The first kappa shape index (κ1) is 71.8. The number of hydrogen-bond acceptors (Lipinski definition) is 6. The van der Waals surface area contributed by atoms with E-state index in [0.717, 1.165) is 96.3 Å². The highest BCUT2D eigenvalue weighted by molar-refractivity contribution is 5.71. The third kappa shape index (κ3) is 61.6. The summed E-state index contributed by atoms with van der Waals surface area (Å²) >= 11 is 0. The van der Waals surface area contributed by atoms with Crippen LogP contribution >= 0.6 is 0 Å². The summed E-state index contributed by atoms with van der Waals surface area (Å²) in [6.45, 7) is 6.54. The predicted molar refractivity (Wildman–Crippen MR) is 325 cm³/mol. The summed E-state index contributed by atoms with van der Waals surface area (Å²) in [5, 5.41) is 0. The zero-order chi connectivity index (χ0) is 54.3. The van der Waals surface area contributed by atoms with E-state index in [0.29, 0.717) is 19.3 Å². The standard InChI is InChI=1S/C69H122O6/c1-4-7-10-13-16-19-22-25-27-28-29-30-31-32-33-34-35-36-37-38-39-40-41-42-43-45-47-50-53-56-59-62-68(71)74-65-66(64-73-67(70)61-58-55-52-49-46-24-21-18-15-12-9-6-3)75-69(72)63-60-57-54-51-48-44-26-23-20-17-14-11-8-5-2/h7,10,16,19,23,25-27,29-30,32-33,66H,4-6,8-9,11-15,17-18,20-22,24,28,31,34-65H2,1-3H3/b10-7-,19-16-,26-23-,27-25-,30-29-,33-32-. The molecule has 0 rings (SSSR count). The average Bonchev–Trinajstić information content (AvgIpc) is 3.41. The Labute approximate surface area is 465 Å². The van der Waals surface area contributed by atoms with Crippen molar-refractivity contribution in [1.82, 2.24) is 0 Å². The predicted octanol–water partition coefficient (Wildman–Crippen LogP) is 22.1. The molecule has 0 amide bonds. The lowest BCUT2D eigenvalue weighted by Crippen LogP contribution is -2.30. The van der Waals surface area contributed by atoms with Crippen LogP contribution in [0.1, 0.15) is 329 Å². The molecule has 6 nitrogen and oxygen atoms in total. The molecule has 1 atom stereocenters. The van der Waals surface area contributed by atoms with Crippen molar-refractivity contribution in [2.75, 3.05) is 13.2 Å². The first-order valence-electron chi connectivity index (χ1n) is 32.4. The Morgan fingerprint density at radius 1 is 0.280 bits per heavy atom. The van der Waals surface area contributed by atoms with Crippen LogP contribution in [0.3, 0.4) is 0 Å².